The number of methoxy groups -OCH3 is 1. The Morgan fingerprint density at radius 3 is 2.84 bits per heavy atom. The summed E-state index contributed by atoms with van der Waals surface area (Å²) >= 11 is 0. The van der Waals surface area contributed by atoms with Crippen LogP contribution in [-0.4, -0.2) is 23.1 Å². The summed E-state index contributed by atoms with van der Waals surface area (Å²) < 4.78 is 5.35. The molecule has 1 aromatic heterocycles. The maximum Gasteiger partial charge on any atom is 0.223 e. The summed E-state index contributed by atoms with van der Waals surface area (Å²) in [5.41, 5.74) is 0.873. The fourth-order valence-corrected chi connectivity index (χ4v) is 2.69. The molecule has 0 spiro atoms. The Hall–Kier alpha value is -1.84. The third-order valence-corrected chi connectivity index (χ3v) is 3.73. The second-order valence-electron chi connectivity index (χ2n) is 5.07. The van der Waals surface area contributed by atoms with Gasteiger partial charge in [0.25, 0.3) is 0 Å². The molecule has 0 unspecified atom stereocenters. The Morgan fingerprint density at radius 1 is 1.21 bits per heavy atom. The molecule has 4 nitrogen and oxygen atoms in total. The molecular weight excluding hydrogens is 238 g/mol. The van der Waals surface area contributed by atoms with E-state index in [-0.39, 0.29) is 0 Å². The molecule has 0 atom stereocenters. The SMILES string of the molecule is COc1cccc2cnc(NC3CCCCC3)nc12. The summed E-state index contributed by atoms with van der Waals surface area (Å²) in [7, 11) is 1.67. The van der Waals surface area contributed by atoms with Crippen LogP contribution in [0.3, 0.4) is 0 Å². The molecule has 1 saturated carbocycles. The predicted octanol–water partition coefficient (Wildman–Crippen LogP) is 3.38. The molecule has 0 aliphatic heterocycles. The van der Waals surface area contributed by atoms with Gasteiger partial charge in [0.1, 0.15) is 11.3 Å². The highest BCUT2D eigenvalue weighted by molar-refractivity contribution is 5.84. The van der Waals surface area contributed by atoms with Crippen LogP contribution in [0.15, 0.2) is 24.4 Å². The second kappa shape index (κ2) is 5.43. The minimum absolute atomic E-state index is 0.515. The number of benzene rings is 1. The molecule has 0 radical (unpaired) electrons. The van der Waals surface area contributed by atoms with Gasteiger partial charge in [0.2, 0.25) is 5.95 Å². The Bertz CT molecular complexity index is 564. The molecule has 1 fully saturated rings. The molecule has 0 bridgehead atoms. The molecule has 0 amide bonds. The van der Waals surface area contributed by atoms with Crippen molar-refractivity contribution in [1.29, 1.82) is 0 Å². The highest BCUT2D eigenvalue weighted by Gasteiger charge is 2.14. The van der Waals surface area contributed by atoms with E-state index < -0.39 is 0 Å². The number of nitrogens with zero attached hydrogens (tertiary/aromatic N) is 2. The number of ether oxygens (including phenoxy) is 1. The van der Waals surface area contributed by atoms with Crippen molar-refractivity contribution in [1.82, 2.24) is 9.97 Å². The molecule has 100 valence electrons. The van der Waals surface area contributed by atoms with Crippen LogP contribution < -0.4 is 10.1 Å². The van der Waals surface area contributed by atoms with Crippen molar-refractivity contribution < 1.29 is 4.74 Å². The quantitative estimate of drug-likeness (QED) is 0.915. The molecule has 1 aliphatic rings. The van der Waals surface area contributed by atoms with Gasteiger partial charge in [-0.25, -0.2) is 9.97 Å². The topological polar surface area (TPSA) is 47.0 Å². The van der Waals surface area contributed by atoms with Crippen LogP contribution in [0.1, 0.15) is 32.1 Å². The van der Waals surface area contributed by atoms with Crippen molar-refractivity contribution in [3.63, 3.8) is 0 Å². The van der Waals surface area contributed by atoms with Crippen LogP contribution in [-0.2, 0) is 0 Å². The molecule has 0 saturated heterocycles. The zero-order chi connectivity index (χ0) is 13.1. The first-order valence-electron chi connectivity index (χ1n) is 6.93. The van der Waals surface area contributed by atoms with Gasteiger partial charge in [-0.1, -0.05) is 31.4 Å². The smallest absolute Gasteiger partial charge is 0.223 e. The Labute approximate surface area is 113 Å². The number of aromatic nitrogens is 2. The standard InChI is InChI=1S/C15H19N3O/c1-19-13-9-5-6-11-10-16-15(18-14(11)13)17-12-7-3-2-4-8-12/h5-6,9-10,12H,2-4,7-8H2,1H3,(H,16,17,18). The number of hydrogen-bond acceptors (Lipinski definition) is 4. The van der Waals surface area contributed by atoms with Crippen molar-refractivity contribution in [3.05, 3.63) is 24.4 Å². The number of para-hydroxylation sites is 1. The van der Waals surface area contributed by atoms with Gasteiger partial charge in [0.05, 0.1) is 7.11 Å². The highest BCUT2D eigenvalue weighted by Crippen LogP contribution is 2.25. The Morgan fingerprint density at radius 2 is 2.05 bits per heavy atom. The molecule has 4 heteroatoms. The van der Waals surface area contributed by atoms with Gasteiger partial charge in [0.15, 0.2) is 0 Å². The van der Waals surface area contributed by atoms with Crippen LogP contribution in [0.4, 0.5) is 5.95 Å². The number of nitrogens with one attached hydrogen (secondary N) is 1. The molecule has 1 aliphatic carbocycles. The lowest BCUT2D eigenvalue weighted by atomic mass is 9.96. The van der Waals surface area contributed by atoms with Crippen LogP contribution >= 0.6 is 0 Å². The first-order chi connectivity index (χ1) is 9.36. The molecule has 19 heavy (non-hydrogen) atoms. The van der Waals surface area contributed by atoms with Crippen LogP contribution in [0, 0.1) is 0 Å². The van der Waals surface area contributed by atoms with Crippen molar-refractivity contribution >= 4 is 16.9 Å². The van der Waals surface area contributed by atoms with Gasteiger partial charge in [-0.2, -0.15) is 0 Å². The van der Waals surface area contributed by atoms with Gasteiger partial charge in [0, 0.05) is 17.6 Å². The van der Waals surface area contributed by atoms with E-state index in [0.717, 1.165) is 16.7 Å². The molecule has 1 heterocycles. The number of hydrogen-bond donors (Lipinski definition) is 1. The van der Waals surface area contributed by atoms with E-state index in [1.165, 1.54) is 32.1 Å². The minimum Gasteiger partial charge on any atom is -0.494 e. The number of fused-ring (bicyclic) bond motifs is 1. The summed E-state index contributed by atoms with van der Waals surface area (Å²) in [5.74, 6) is 1.51. The summed E-state index contributed by atoms with van der Waals surface area (Å²) in [6.07, 6.45) is 8.24. The van der Waals surface area contributed by atoms with Crippen molar-refractivity contribution in [2.24, 2.45) is 0 Å². The lowest BCUT2D eigenvalue weighted by Crippen LogP contribution is -2.23. The molecular formula is C15H19N3O. The Kier molecular flexibility index (Phi) is 3.49. The third-order valence-electron chi connectivity index (χ3n) is 3.73. The van der Waals surface area contributed by atoms with E-state index in [9.17, 15) is 0 Å². The minimum atomic E-state index is 0.515. The zero-order valence-electron chi connectivity index (χ0n) is 11.2. The third kappa shape index (κ3) is 2.62. The molecule has 3 rings (SSSR count). The zero-order valence-corrected chi connectivity index (χ0v) is 11.2. The van der Waals surface area contributed by atoms with E-state index in [1.54, 1.807) is 7.11 Å². The molecule has 2 aromatic rings. The molecule has 1 aromatic carbocycles. The van der Waals surface area contributed by atoms with Crippen LogP contribution in [0.25, 0.3) is 10.9 Å². The maximum atomic E-state index is 5.35. The number of anilines is 1. The fraction of sp³-hybridized carbons (Fsp3) is 0.467. The Balaban J connectivity index is 1.87. The summed E-state index contributed by atoms with van der Waals surface area (Å²) in [6, 6.07) is 6.40. The first-order valence-corrected chi connectivity index (χ1v) is 6.93. The second-order valence-corrected chi connectivity index (χ2v) is 5.07. The fourth-order valence-electron chi connectivity index (χ4n) is 2.69. The van der Waals surface area contributed by atoms with Gasteiger partial charge in [-0.05, 0) is 18.9 Å². The van der Waals surface area contributed by atoms with Crippen molar-refractivity contribution in [2.45, 2.75) is 38.1 Å². The predicted molar refractivity (Wildman–Crippen MR) is 76.6 cm³/mol. The van der Waals surface area contributed by atoms with E-state index in [1.807, 2.05) is 24.4 Å². The number of rotatable bonds is 3. The van der Waals surface area contributed by atoms with Crippen LogP contribution in [0.5, 0.6) is 5.75 Å². The van der Waals surface area contributed by atoms with Gasteiger partial charge in [-0.3, -0.25) is 0 Å². The van der Waals surface area contributed by atoms with Gasteiger partial charge in [-0.15, -0.1) is 0 Å². The van der Waals surface area contributed by atoms with E-state index in [2.05, 4.69) is 15.3 Å². The monoisotopic (exact) mass is 257 g/mol. The van der Waals surface area contributed by atoms with Crippen molar-refractivity contribution in [2.75, 3.05) is 12.4 Å². The van der Waals surface area contributed by atoms with Gasteiger partial charge < -0.3 is 10.1 Å². The lowest BCUT2D eigenvalue weighted by Gasteiger charge is -2.22. The lowest BCUT2D eigenvalue weighted by molar-refractivity contribution is 0.419. The molecule has 1 N–H and O–H groups in total. The van der Waals surface area contributed by atoms with Gasteiger partial charge >= 0.3 is 0 Å². The maximum absolute atomic E-state index is 5.35. The van der Waals surface area contributed by atoms with E-state index >= 15 is 0 Å². The van der Waals surface area contributed by atoms with Crippen LogP contribution in [0.2, 0.25) is 0 Å². The average Bonchev–Trinajstić information content (AvgIpc) is 2.47. The normalized spacial score (nSPS) is 16.5. The average molecular weight is 257 g/mol. The van der Waals surface area contributed by atoms with Crippen molar-refractivity contribution in [3.8, 4) is 5.75 Å². The summed E-state index contributed by atoms with van der Waals surface area (Å²) in [5, 5.41) is 4.45. The summed E-state index contributed by atoms with van der Waals surface area (Å²) in [6.45, 7) is 0. The largest absolute Gasteiger partial charge is 0.494 e. The van der Waals surface area contributed by atoms with E-state index in [4.69, 9.17) is 4.74 Å². The highest BCUT2D eigenvalue weighted by atomic mass is 16.5. The summed E-state index contributed by atoms with van der Waals surface area (Å²) in [4.78, 5) is 8.99. The first kappa shape index (κ1) is 12.2. The van der Waals surface area contributed by atoms with E-state index in [0.29, 0.717) is 12.0 Å².